The van der Waals surface area contributed by atoms with Gasteiger partial charge in [0, 0.05) is 25.8 Å². The molecule has 168 valence electrons. The molecule has 31 heavy (non-hydrogen) atoms. The molecule has 1 aromatic carbocycles. The highest BCUT2D eigenvalue weighted by molar-refractivity contribution is 5.77. The Morgan fingerprint density at radius 3 is 2.45 bits per heavy atom. The average Bonchev–Trinajstić information content (AvgIpc) is 3.14. The zero-order valence-corrected chi connectivity index (χ0v) is 18.6. The van der Waals surface area contributed by atoms with Gasteiger partial charge in [0.1, 0.15) is 5.82 Å². The molecule has 0 aliphatic carbocycles. The highest BCUT2D eigenvalue weighted by Crippen LogP contribution is 2.33. The lowest BCUT2D eigenvalue weighted by Gasteiger charge is -2.14. The molecule has 0 amide bonds. The summed E-state index contributed by atoms with van der Waals surface area (Å²) < 4.78 is 20.1. The molecule has 9 nitrogen and oxygen atoms in total. The van der Waals surface area contributed by atoms with Crippen molar-refractivity contribution in [1.82, 2.24) is 19.1 Å². The van der Waals surface area contributed by atoms with Crippen LogP contribution >= 0.6 is 0 Å². The number of imidazole rings is 1. The second kappa shape index (κ2) is 10.3. The third kappa shape index (κ3) is 4.66. The number of ether oxygens (including phenoxy) is 3. The topological polar surface area (TPSA) is 100 Å². The smallest absolute Gasteiger partial charge is 0.330 e. The van der Waals surface area contributed by atoms with Crippen LogP contribution in [0.25, 0.3) is 22.6 Å². The molecular formula is C22H30N4O5. The van der Waals surface area contributed by atoms with Gasteiger partial charge >= 0.3 is 5.69 Å². The maximum atomic E-state index is 12.7. The second-order valence-corrected chi connectivity index (χ2v) is 7.11. The van der Waals surface area contributed by atoms with Gasteiger partial charge in [-0.1, -0.05) is 13.8 Å². The summed E-state index contributed by atoms with van der Waals surface area (Å²) in [7, 11) is 1.60. The maximum absolute atomic E-state index is 12.7. The predicted octanol–water partition coefficient (Wildman–Crippen LogP) is 2.80. The van der Waals surface area contributed by atoms with E-state index in [0.29, 0.717) is 61.4 Å². The molecule has 9 heteroatoms. The van der Waals surface area contributed by atoms with Crippen molar-refractivity contribution in [1.29, 1.82) is 0 Å². The van der Waals surface area contributed by atoms with Crippen LogP contribution in [-0.2, 0) is 17.8 Å². The zero-order valence-electron chi connectivity index (χ0n) is 18.6. The van der Waals surface area contributed by atoms with Crippen LogP contribution in [-0.4, -0.2) is 46.0 Å². The third-order valence-electron chi connectivity index (χ3n) is 4.82. The average molecular weight is 431 g/mol. The minimum atomic E-state index is -0.463. The molecule has 0 atom stereocenters. The van der Waals surface area contributed by atoms with Crippen molar-refractivity contribution in [3.8, 4) is 22.9 Å². The van der Waals surface area contributed by atoms with Gasteiger partial charge in [0.2, 0.25) is 0 Å². The largest absolute Gasteiger partial charge is 0.490 e. The van der Waals surface area contributed by atoms with Gasteiger partial charge in [-0.15, -0.1) is 0 Å². The van der Waals surface area contributed by atoms with E-state index in [-0.39, 0.29) is 0 Å². The number of benzene rings is 1. The summed E-state index contributed by atoms with van der Waals surface area (Å²) in [6.45, 7) is 8.25. The van der Waals surface area contributed by atoms with Gasteiger partial charge in [0.25, 0.3) is 5.56 Å². The molecule has 0 radical (unpaired) electrons. The normalized spacial score (nSPS) is 11.2. The number of nitrogens with one attached hydrogen (secondary N) is 1. The Hall–Kier alpha value is -3.07. The molecule has 0 aliphatic heterocycles. The van der Waals surface area contributed by atoms with E-state index < -0.39 is 11.2 Å². The number of hydrogen-bond acceptors (Lipinski definition) is 6. The summed E-state index contributed by atoms with van der Waals surface area (Å²) in [5.74, 6) is 1.84. The second-order valence-electron chi connectivity index (χ2n) is 7.11. The fourth-order valence-electron chi connectivity index (χ4n) is 3.47. The van der Waals surface area contributed by atoms with E-state index in [9.17, 15) is 9.59 Å². The monoisotopic (exact) mass is 430 g/mol. The Bertz CT molecular complexity index is 1150. The van der Waals surface area contributed by atoms with Gasteiger partial charge in [-0.05, 0) is 38.0 Å². The summed E-state index contributed by atoms with van der Waals surface area (Å²) in [5.41, 5.74) is 0.556. The van der Waals surface area contributed by atoms with Crippen LogP contribution in [0, 0.1) is 0 Å². The quantitative estimate of drug-likeness (QED) is 0.502. The summed E-state index contributed by atoms with van der Waals surface area (Å²) in [6, 6.07) is 5.59. The first kappa shape index (κ1) is 22.6. The molecule has 3 aromatic rings. The van der Waals surface area contributed by atoms with E-state index in [4.69, 9.17) is 19.2 Å². The number of aromatic amines is 1. The van der Waals surface area contributed by atoms with Crippen LogP contribution in [0.15, 0.2) is 27.8 Å². The number of fused-ring (bicyclic) bond motifs is 1. The molecule has 0 bridgehead atoms. The van der Waals surface area contributed by atoms with E-state index in [1.165, 1.54) is 4.57 Å². The maximum Gasteiger partial charge on any atom is 0.330 e. The first-order valence-electron chi connectivity index (χ1n) is 10.7. The summed E-state index contributed by atoms with van der Waals surface area (Å²) in [6.07, 6.45) is 1.62. The number of aryl methyl sites for hydroxylation is 1. The molecule has 0 saturated heterocycles. The molecule has 2 heterocycles. The molecule has 0 fully saturated rings. The summed E-state index contributed by atoms with van der Waals surface area (Å²) >= 11 is 0. The number of H-pyrrole nitrogens is 1. The minimum absolute atomic E-state index is 0.351. The van der Waals surface area contributed by atoms with Gasteiger partial charge in [-0.3, -0.25) is 14.3 Å². The van der Waals surface area contributed by atoms with Crippen molar-refractivity contribution in [3.63, 3.8) is 0 Å². The summed E-state index contributed by atoms with van der Waals surface area (Å²) in [4.78, 5) is 32.2. The van der Waals surface area contributed by atoms with E-state index in [2.05, 4.69) is 4.98 Å². The summed E-state index contributed by atoms with van der Waals surface area (Å²) in [5, 5.41) is 0. The van der Waals surface area contributed by atoms with E-state index in [0.717, 1.165) is 18.4 Å². The van der Waals surface area contributed by atoms with Gasteiger partial charge in [-0.25, -0.2) is 9.78 Å². The molecule has 1 N–H and O–H groups in total. The van der Waals surface area contributed by atoms with Crippen molar-refractivity contribution < 1.29 is 14.2 Å². The Kier molecular flexibility index (Phi) is 7.51. The Morgan fingerprint density at radius 2 is 1.77 bits per heavy atom. The standard InChI is InChI=1S/C22H30N4O5/c1-5-10-26-20-18(21(27)24-22(26)28)25(11-13-29-4)19(23-20)15-8-9-16(31-12-6-2)17(14-15)30-7-3/h8-9,14H,5-7,10-13H2,1-4H3,(H,24,27,28). The van der Waals surface area contributed by atoms with E-state index in [1.54, 1.807) is 11.7 Å². The molecule has 3 rings (SSSR count). The number of nitrogens with zero attached hydrogens (tertiary/aromatic N) is 3. The minimum Gasteiger partial charge on any atom is -0.490 e. The zero-order chi connectivity index (χ0) is 22.4. The predicted molar refractivity (Wildman–Crippen MR) is 119 cm³/mol. The Morgan fingerprint density at radius 1 is 0.968 bits per heavy atom. The van der Waals surface area contributed by atoms with Crippen LogP contribution in [0.4, 0.5) is 0 Å². The molecule has 0 unspecified atom stereocenters. The van der Waals surface area contributed by atoms with Gasteiger partial charge in [-0.2, -0.15) is 0 Å². The van der Waals surface area contributed by atoms with Crippen LogP contribution < -0.4 is 20.7 Å². The lowest BCUT2D eigenvalue weighted by molar-refractivity contribution is 0.188. The SMILES string of the molecule is CCCOc1ccc(-c2nc3c(c(=O)[nH]c(=O)n3CCC)n2CCOC)cc1OCC. The van der Waals surface area contributed by atoms with E-state index >= 15 is 0 Å². The molecule has 0 aliphatic rings. The van der Waals surface area contributed by atoms with Crippen LogP contribution in [0.1, 0.15) is 33.6 Å². The van der Waals surface area contributed by atoms with Crippen molar-refractivity contribution in [2.24, 2.45) is 0 Å². The third-order valence-corrected chi connectivity index (χ3v) is 4.82. The first-order valence-corrected chi connectivity index (χ1v) is 10.7. The number of hydrogen-bond donors (Lipinski definition) is 1. The van der Waals surface area contributed by atoms with Crippen molar-refractivity contribution >= 4 is 11.2 Å². The van der Waals surface area contributed by atoms with Crippen molar-refractivity contribution in [2.45, 2.75) is 46.7 Å². The highest BCUT2D eigenvalue weighted by atomic mass is 16.5. The van der Waals surface area contributed by atoms with E-state index in [1.807, 2.05) is 39.0 Å². The highest BCUT2D eigenvalue weighted by Gasteiger charge is 2.20. The van der Waals surface area contributed by atoms with Crippen LogP contribution in [0.2, 0.25) is 0 Å². The van der Waals surface area contributed by atoms with Gasteiger partial charge < -0.3 is 18.8 Å². The number of aromatic nitrogens is 4. The Labute approximate surface area is 180 Å². The lowest BCUT2D eigenvalue weighted by atomic mass is 10.2. The number of methoxy groups -OCH3 is 1. The molecule has 0 spiro atoms. The molecule has 2 aromatic heterocycles. The fraction of sp³-hybridized carbons (Fsp3) is 0.500. The van der Waals surface area contributed by atoms with Crippen molar-refractivity contribution in [3.05, 3.63) is 39.0 Å². The lowest BCUT2D eigenvalue weighted by Crippen LogP contribution is -2.31. The molecule has 0 saturated carbocycles. The Balaban J connectivity index is 2.24. The number of rotatable bonds is 11. The first-order chi connectivity index (χ1) is 15.0. The van der Waals surface area contributed by atoms with Gasteiger partial charge in [0.15, 0.2) is 22.7 Å². The van der Waals surface area contributed by atoms with Crippen LogP contribution in [0.3, 0.4) is 0 Å². The van der Waals surface area contributed by atoms with Gasteiger partial charge in [0.05, 0.1) is 19.8 Å². The van der Waals surface area contributed by atoms with Crippen LogP contribution in [0.5, 0.6) is 11.5 Å². The van der Waals surface area contributed by atoms with Crippen molar-refractivity contribution in [2.75, 3.05) is 26.9 Å². The molecular weight excluding hydrogens is 400 g/mol. The fourth-order valence-corrected chi connectivity index (χ4v) is 3.47.